The first-order chi connectivity index (χ1) is 12.1. The Morgan fingerprint density at radius 3 is 2.48 bits per heavy atom. The average molecular weight is 352 g/mol. The minimum atomic E-state index is -0.508. The van der Waals surface area contributed by atoms with Gasteiger partial charge in [0.05, 0.1) is 7.11 Å². The van der Waals surface area contributed by atoms with E-state index in [2.05, 4.69) is 0 Å². The normalized spacial score (nSPS) is 11.1. The molecule has 0 bridgehead atoms. The van der Waals surface area contributed by atoms with Crippen LogP contribution in [0.5, 0.6) is 5.75 Å². The molecule has 4 nitrogen and oxygen atoms in total. The Labute approximate surface area is 149 Å². The molecule has 0 amide bonds. The summed E-state index contributed by atoms with van der Waals surface area (Å²) in [6, 6.07) is 14.3. The molecule has 0 N–H and O–H groups in total. The Kier molecular flexibility index (Phi) is 5.05. The number of fused-ring (bicyclic) bond motifs is 1. The van der Waals surface area contributed by atoms with E-state index < -0.39 is 5.63 Å². The Bertz CT molecular complexity index is 1000. The lowest BCUT2D eigenvalue weighted by Crippen LogP contribution is -2.03. The molecule has 3 aromatic rings. The van der Waals surface area contributed by atoms with Crippen LogP contribution in [0.1, 0.15) is 15.9 Å². The van der Waals surface area contributed by atoms with Crippen LogP contribution >= 0.6 is 11.8 Å². The quantitative estimate of drug-likeness (QED) is 0.294. The topological polar surface area (TPSA) is 56.5 Å². The van der Waals surface area contributed by atoms with E-state index in [1.807, 2.05) is 30.5 Å². The lowest BCUT2D eigenvalue weighted by atomic mass is 10.0. The van der Waals surface area contributed by atoms with Crippen LogP contribution in [0, 0.1) is 0 Å². The van der Waals surface area contributed by atoms with E-state index in [0.29, 0.717) is 11.1 Å². The summed E-state index contributed by atoms with van der Waals surface area (Å²) in [6.45, 7) is 0. The fourth-order valence-electron chi connectivity index (χ4n) is 2.49. The molecule has 0 aliphatic heterocycles. The number of hydrogen-bond donors (Lipinski definition) is 0. The highest BCUT2D eigenvalue weighted by molar-refractivity contribution is 7.98. The van der Waals surface area contributed by atoms with Crippen LogP contribution in [-0.4, -0.2) is 19.1 Å². The number of benzene rings is 2. The maximum Gasteiger partial charge on any atom is 0.336 e. The van der Waals surface area contributed by atoms with Crippen molar-refractivity contribution in [2.24, 2.45) is 0 Å². The average Bonchev–Trinajstić information content (AvgIpc) is 2.65. The summed E-state index contributed by atoms with van der Waals surface area (Å²) < 4.78 is 10.5. The van der Waals surface area contributed by atoms with E-state index in [9.17, 15) is 9.59 Å². The zero-order chi connectivity index (χ0) is 17.8. The molecule has 1 heterocycles. The molecule has 126 valence electrons. The van der Waals surface area contributed by atoms with Gasteiger partial charge < -0.3 is 9.15 Å². The SMILES string of the molecule is COc1ccc2ccc(=O)oc2c1C(=O)/C=C/c1ccc(SC)cc1. The monoisotopic (exact) mass is 352 g/mol. The van der Waals surface area contributed by atoms with Gasteiger partial charge in [0.25, 0.3) is 0 Å². The molecule has 0 atom stereocenters. The second-order valence-electron chi connectivity index (χ2n) is 5.29. The number of carbonyl (C=O) groups excluding carboxylic acids is 1. The van der Waals surface area contributed by atoms with Gasteiger partial charge in [-0.05, 0) is 48.2 Å². The van der Waals surface area contributed by atoms with Crippen LogP contribution in [0.2, 0.25) is 0 Å². The van der Waals surface area contributed by atoms with Gasteiger partial charge in [-0.1, -0.05) is 18.2 Å². The van der Waals surface area contributed by atoms with Crippen molar-refractivity contribution in [1.82, 2.24) is 0 Å². The predicted octanol–water partition coefficient (Wildman–Crippen LogP) is 4.42. The van der Waals surface area contributed by atoms with Crippen LogP contribution < -0.4 is 10.4 Å². The van der Waals surface area contributed by atoms with Gasteiger partial charge >= 0.3 is 5.63 Å². The molecule has 3 rings (SSSR count). The summed E-state index contributed by atoms with van der Waals surface area (Å²) in [5.74, 6) is 0.0833. The molecule has 0 aliphatic rings. The molecule has 0 aliphatic carbocycles. The van der Waals surface area contributed by atoms with Crippen molar-refractivity contribution in [1.29, 1.82) is 0 Å². The molecular formula is C20H16O4S. The lowest BCUT2D eigenvalue weighted by Gasteiger charge is -2.08. The standard InChI is InChI=1S/C20H16O4S/c1-23-17-11-6-14-7-12-18(22)24-20(14)19(17)16(21)10-5-13-3-8-15(25-2)9-4-13/h3-12H,1-2H3/b10-5+. The molecule has 0 saturated carbocycles. The number of ether oxygens (including phenoxy) is 1. The van der Waals surface area contributed by atoms with Crippen LogP contribution in [-0.2, 0) is 0 Å². The van der Waals surface area contributed by atoms with Crippen molar-refractivity contribution < 1.29 is 13.9 Å². The van der Waals surface area contributed by atoms with Gasteiger partial charge in [-0.25, -0.2) is 4.79 Å². The van der Waals surface area contributed by atoms with E-state index in [-0.39, 0.29) is 16.9 Å². The summed E-state index contributed by atoms with van der Waals surface area (Å²) in [5, 5.41) is 0.668. The highest BCUT2D eigenvalue weighted by Gasteiger charge is 2.16. The number of thioether (sulfide) groups is 1. The van der Waals surface area contributed by atoms with Crippen LogP contribution in [0.15, 0.2) is 68.7 Å². The fraction of sp³-hybridized carbons (Fsp3) is 0.100. The lowest BCUT2D eigenvalue weighted by molar-refractivity contribution is 0.104. The molecule has 0 saturated heterocycles. The number of rotatable bonds is 5. The number of carbonyl (C=O) groups is 1. The number of ketones is 1. The minimum absolute atomic E-state index is 0.235. The second kappa shape index (κ2) is 7.40. The zero-order valence-electron chi connectivity index (χ0n) is 13.8. The number of allylic oxidation sites excluding steroid dienone is 1. The number of hydrogen-bond acceptors (Lipinski definition) is 5. The van der Waals surface area contributed by atoms with Crippen LogP contribution in [0.3, 0.4) is 0 Å². The maximum atomic E-state index is 12.7. The third-order valence-electron chi connectivity index (χ3n) is 3.76. The van der Waals surface area contributed by atoms with Gasteiger partial charge in [0, 0.05) is 16.3 Å². The Balaban J connectivity index is 2.01. The van der Waals surface area contributed by atoms with Crippen molar-refractivity contribution in [2.75, 3.05) is 13.4 Å². The minimum Gasteiger partial charge on any atom is -0.496 e. The second-order valence-corrected chi connectivity index (χ2v) is 6.17. The predicted molar refractivity (Wildman–Crippen MR) is 101 cm³/mol. The molecule has 0 radical (unpaired) electrons. The molecule has 1 aromatic heterocycles. The van der Waals surface area contributed by atoms with Gasteiger partial charge in [-0.2, -0.15) is 0 Å². The Hall–Kier alpha value is -2.79. The van der Waals surface area contributed by atoms with Crippen LogP contribution in [0.4, 0.5) is 0 Å². The maximum absolute atomic E-state index is 12.7. The van der Waals surface area contributed by atoms with Gasteiger partial charge in [-0.15, -0.1) is 11.8 Å². The summed E-state index contributed by atoms with van der Waals surface area (Å²) in [5.41, 5.74) is 0.882. The summed E-state index contributed by atoms with van der Waals surface area (Å²) >= 11 is 1.66. The van der Waals surface area contributed by atoms with Crippen molar-refractivity contribution in [3.8, 4) is 5.75 Å². The van der Waals surface area contributed by atoms with E-state index in [0.717, 1.165) is 10.5 Å². The summed E-state index contributed by atoms with van der Waals surface area (Å²) in [7, 11) is 1.48. The Morgan fingerprint density at radius 1 is 1.08 bits per heavy atom. The van der Waals surface area contributed by atoms with E-state index in [1.165, 1.54) is 19.3 Å². The highest BCUT2D eigenvalue weighted by Crippen LogP contribution is 2.28. The smallest absolute Gasteiger partial charge is 0.336 e. The first kappa shape index (κ1) is 17.0. The first-order valence-corrected chi connectivity index (χ1v) is 8.82. The largest absolute Gasteiger partial charge is 0.496 e. The van der Waals surface area contributed by atoms with E-state index in [1.54, 1.807) is 36.0 Å². The summed E-state index contributed by atoms with van der Waals surface area (Å²) in [6.07, 6.45) is 5.19. The Morgan fingerprint density at radius 2 is 1.80 bits per heavy atom. The fourth-order valence-corrected chi connectivity index (χ4v) is 2.90. The van der Waals surface area contributed by atoms with Crippen LogP contribution in [0.25, 0.3) is 17.0 Å². The molecule has 0 fully saturated rings. The highest BCUT2D eigenvalue weighted by atomic mass is 32.2. The van der Waals surface area contributed by atoms with Gasteiger partial charge in [-0.3, -0.25) is 4.79 Å². The van der Waals surface area contributed by atoms with Crippen molar-refractivity contribution >= 4 is 34.6 Å². The molecular weight excluding hydrogens is 336 g/mol. The van der Waals surface area contributed by atoms with E-state index in [4.69, 9.17) is 9.15 Å². The third kappa shape index (κ3) is 3.67. The van der Waals surface area contributed by atoms with Gasteiger partial charge in [0.2, 0.25) is 0 Å². The van der Waals surface area contributed by atoms with Crippen molar-refractivity contribution in [3.63, 3.8) is 0 Å². The van der Waals surface area contributed by atoms with E-state index >= 15 is 0 Å². The zero-order valence-corrected chi connectivity index (χ0v) is 14.6. The van der Waals surface area contributed by atoms with Gasteiger partial charge in [0.15, 0.2) is 11.4 Å². The first-order valence-electron chi connectivity index (χ1n) is 7.59. The molecule has 2 aromatic carbocycles. The van der Waals surface area contributed by atoms with Gasteiger partial charge in [0.1, 0.15) is 11.3 Å². The van der Waals surface area contributed by atoms with Crippen molar-refractivity contribution in [3.05, 3.63) is 76.2 Å². The number of methoxy groups -OCH3 is 1. The third-order valence-corrected chi connectivity index (χ3v) is 4.50. The molecule has 25 heavy (non-hydrogen) atoms. The molecule has 5 heteroatoms. The summed E-state index contributed by atoms with van der Waals surface area (Å²) in [4.78, 5) is 25.4. The molecule has 0 spiro atoms. The van der Waals surface area contributed by atoms with Crippen molar-refractivity contribution in [2.45, 2.75) is 4.90 Å². The molecule has 0 unspecified atom stereocenters.